The molecule has 2 rings (SSSR count). The zero-order chi connectivity index (χ0) is 15.5. The second-order valence-electron chi connectivity index (χ2n) is 4.59. The van der Waals surface area contributed by atoms with Crippen molar-refractivity contribution >= 4 is 20.0 Å². The van der Waals surface area contributed by atoms with Crippen LogP contribution in [-0.4, -0.2) is 17.9 Å². The Morgan fingerprint density at radius 2 is 1.81 bits per heavy atom. The van der Waals surface area contributed by atoms with Crippen LogP contribution in [0.4, 0.5) is 0 Å². The molecule has 0 N–H and O–H groups in total. The van der Waals surface area contributed by atoms with Crippen molar-refractivity contribution < 1.29 is 13.1 Å². The number of hydrogen-bond donors (Lipinski definition) is 0. The van der Waals surface area contributed by atoms with Crippen LogP contribution >= 0.6 is 0 Å². The van der Waals surface area contributed by atoms with Gasteiger partial charge in [0.05, 0.1) is 18.6 Å². The van der Waals surface area contributed by atoms with Crippen molar-refractivity contribution in [3.05, 3.63) is 48.0 Å². The highest BCUT2D eigenvalue weighted by Gasteiger charge is 2.16. The molecule has 0 amide bonds. The lowest BCUT2D eigenvalue weighted by Crippen LogP contribution is -2.06. The van der Waals surface area contributed by atoms with Gasteiger partial charge in [0.2, 0.25) is 0 Å². The van der Waals surface area contributed by atoms with Gasteiger partial charge >= 0.3 is 0 Å². The van der Waals surface area contributed by atoms with Crippen molar-refractivity contribution in [2.24, 2.45) is 0 Å². The van der Waals surface area contributed by atoms with E-state index in [0.717, 1.165) is 22.4 Å². The van der Waals surface area contributed by atoms with Crippen molar-refractivity contribution in [2.75, 3.05) is 13.7 Å². The Hall–Kier alpha value is -1.43. The number of rotatable bonds is 5. The number of ether oxygens (including phenoxy) is 1. The molecule has 2 aromatic rings. The fraction of sp³-hybridized carbons (Fsp3) is 0.250. The lowest BCUT2D eigenvalue weighted by molar-refractivity contribution is 0.370. The fourth-order valence-electron chi connectivity index (χ4n) is 2.08. The van der Waals surface area contributed by atoms with E-state index in [1.807, 2.05) is 43.3 Å². The lowest BCUT2D eigenvalue weighted by Gasteiger charge is -2.13. The van der Waals surface area contributed by atoms with Gasteiger partial charge in [0.15, 0.2) is 8.77 Å². The standard InChI is InChI=1S/C16H18O3S2/c1-4-19-21(17,20)16-10-5-12(2)11-15(16)13-6-8-14(18-3)9-7-13/h5-11H,4H2,1-3H3. The summed E-state index contributed by atoms with van der Waals surface area (Å²) >= 11 is 5.17. The molecular formula is C16H18O3S2. The Labute approximate surface area is 130 Å². The monoisotopic (exact) mass is 322 g/mol. The van der Waals surface area contributed by atoms with Gasteiger partial charge in [-0.3, -0.25) is 4.18 Å². The minimum atomic E-state index is -2.92. The molecule has 0 aliphatic carbocycles. The Morgan fingerprint density at radius 3 is 2.38 bits per heavy atom. The minimum absolute atomic E-state index is 0.318. The van der Waals surface area contributed by atoms with Crippen LogP contribution in [0.1, 0.15) is 12.5 Å². The SMILES string of the molecule is CCOS(=O)(=S)c1ccc(C)cc1-c1ccc(OC)cc1. The van der Waals surface area contributed by atoms with E-state index in [-0.39, 0.29) is 0 Å². The predicted octanol–water partition coefficient (Wildman–Crippen LogP) is 3.73. The molecule has 1 atom stereocenters. The van der Waals surface area contributed by atoms with Gasteiger partial charge < -0.3 is 4.74 Å². The van der Waals surface area contributed by atoms with Gasteiger partial charge in [0.25, 0.3) is 0 Å². The lowest BCUT2D eigenvalue weighted by atomic mass is 10.0. The van der Waals surface area contributed by atoms with Crippen molar-refractivity contribution in [3.63, 3.8) is 0 Å². The summed E-state index contributed by atoms with van der Waals surface area (Å²) in [5.74, 6) is 0.775. The van der Waals surface area contributed by atoms with Crippen molar-refractivity contribution in [2.45, 2.75) is 18.7 Å². The molecule has 112 valence electrons. The molecule has 1 unspecified atom stereocenters. The second-order valence-corrected chi connectivity index (χ2v) is 7.49. The Morgan fingerprint density at radius 1 is 1.14 bits per heavy atom. The molecule has 0 heterocycles. The summed E-state index contributed by atoms with van der Waals surface area (Å²) in [6, 6.07) is 13.2. The minimum Gasteiger partial charge on any atom is -0.497 e. The van der Waals surface area contributed by atoms with Gasteiger partial charge in [-0.1, -0.05) is 29.8 Å². The molecular weight excluding hydrogens is 304 g/mol. The summed E-state index contributed by atoms with van der Waals surface area (Å²) in [5, 5.41) is 0. The van der Waals surface area contributed by atoms with E-state index in [4.69, 9.17) is 20.1 Å². The Bertz CT molecular complexity index is 720. The maximum absolute atomic E-state index is 12.6. The van der Waals surface area contributed by atoms with E-state index < -0.39 is 8.77 Å². The first-order valence-corrected chi connectivity index (χ1v) is 9.03. The average Bonchev–Trinajstić information content (AvgIpc) is 2.47. The molecule has 0 bridgehead atoms. The smallest absolute Gasteiger partial charge is 0.174 e. The first kappa shape index (κ1) is 15.9. The third-order valence-corrected chi connectivity index (χ3v) is 5.35. The number of hydrogen-bond acceptors (Lipinski definition) is 4. The number of benzene rings is 2. The molecule has 0 radical (unpaired) electrons. The third kappa shape index (κ3) is 3.61. The second kappa shape index (κ2) is 6.56. The topological polar surface area (TPSA) is 35.5 Å². The largest absolute Gasteiger partial charge is 0.497 e. The van der Waals surface area contributed by atoms with Gasteiger partial charge in [0, 0.05) is 16.8 Å². The van der Waals surface area contributed by atoms with Gasteiger partial charge in [-0.25, -0.2) is 4.21 Å². The quantitative estimate of drug-likeness (QED) is 0.840. The van der Waals surface area contributed by atoms with E-state index in [1.54, 1.807) is 20.1 Å². The first-order valence-electron chi connectivity index (χ1n) is 6.62. The molecule has 21 heavy (non-hydrogen) atoms. The summed E-state index contributed by atoms with van der Waals surface area (Å²) < 4.78 is 23.0. The summed E-state index contributed by atoms with van der Waals surface area (Å²) in [7, 11) is -1.30. The van der Waals surface area contributed by atoms with Gasteiger partial charge in [-0.05, 0) is 37.6 Å². The van der Waals surface area contributed by atoms with Gasteiger partial charge in [-0.2, -0.15) is 0 Å². The van der Waals surface area contributed by atoms with E-state index in [2.05, 4.69) is 0 Å². The van der Waals surface area contributed by atoms with Crippen LogP contribution in [0.5, 0.6) is 5.75 Å². The highest BCUT2D eigenvalue weighted by molar-refractivity contribution is 8.30. The van der Waals surface area contributed by atoms with E-state index >= 15 is 0 Å². The Balaban J connectivity index is 2.58. The number of methoxy groups -OCH3 is 1. The highest BCUT2D eigenvalue weighted by atomic mass is 32.8. The molecule has 5 heteroatoms. The molecule has 0 aliphatic heterocycles. The first-order chi connectivity index (χ1) is 9.97. The molecule has 0 aliphatic rings. The molecule has 3 nitrogen and oxygen atoms in total. The fourth-order valence-corrected chi connectivity index (χ4v) is 3.92. The third-order valence-electron chi connectivity index (χ3n) is 3.08. The molecule has 0 saturated carbocycles. The average molecular weight is 322 g/mol. The maximum Gasteiger partial charge on any atom is 0.174 e. The van der Waals surface area contributed by atoms with Crippen LogP contribution in [0.25, 0.3) is 11.1 Å². The zero-order valence-corrected chi connectivity index (χ0v) is 13.9. The van der Waals surface area contributed by atoms with Gasteiger partial charge in [0.1, 0.15) is 5.75 Å². The molecule has 0 saturated heterocycles. The summed E-state index contributed by atoms with van der Waals surface area (Å²) in [6.45, 7) is 4.09. The predicted molar refractivity (Wildman–Crippen MR) is 88.6 cm³/mol. The van der Waals surface area contributed by atoms with Gasteiger partial charge in [-0.15, -0.1) is 0 Å². The van der Waals surface area contributed by atoms with Crippen LogP contribution in [0.2, 0.25) is 0 Å². The normalized spacial score (nSPS) is 13.7. The highest BCUT2D eigenvalue weighted by Crippen LogP contribution is 2.31. The van der Waals surface area contributed by atoms with Crippen LogP contribution in [0.3, 0.4) is 0 Å². The van der Waals surface area contributed by atoms with E-state index in [1.165, 1.54) is 0 Å². The van der Waals surface area contributed by atoms with Crippen molar-refractivity contribution in [1.82, 2.24) is 0 Å². The van der Waals surface area contributed by atoms with Crippen molar-refractivity contribution in [3.8, 4) is 16.9 Å². The summed E-state index contributed by atoms with van der Waals surface area (Å²) in [6.07, 6.45) is 0. The zero-order valence-electron chi connectivity index (χ0n) is 12.3. The molecule has 0 aromatic heterocycles. The van der Waals surface area contributed by atoms with Crippen LogP contribution in [0.15, 0.2) is 47.4 Å². The molecule has 2 aromatic carbocycles. The van der Waals surface area contributed by atoms with E-state index in [9.17, 15) is 4.21 Å². The molecule has 0 spiro atoms. The van der Waals surface area contributed by atoms with Crippen LogP contribution < -0.4 is 4.74 Å². The molecule has 0 fully saturated rings. The van der Waals surface area contributed by atoms with Crippen LogP contribution in [0, 0.1) is 6.92 Å². The van der Waals surface area contributed by atoms with E-state index in [0.29, 0.717) is 11.5 Å². The van der Waals surface area contributed by atoms with Crippen molar-refractivity contribution in [1.29, 1.82) is 0 Å². The number of aryl methyl sites for hydroxylation is 1. The maximum atomic E-state index is 12.6. The summed E-state index contributed by atoms with van der Waals surface area (Å²) in [4.78, 5) is 0.551. The van der Waals surface area contributed by atoms with Crippen LogP contribution in [-0.2, 0) is 24.1 Å². The Kier molecular flexibility index (Phi) is 4.98. The summed E-state index contributed by atoms with van der Waals surface area (Å²) in [5.41, 5.74) is 2.85.